The molecule has 0 aliphatic rings. The lowest BCUT2D eigenvalue weighted by Gasteiger charge is -2.10. The van der Waals surface area contributed by atoms with Gasteiger partial charge in [-0.1, -0.05) is 23.9 Å². The molecule has 3 rings (SSSR count). The maximum absolute atomic E-state index is 12.3. The minimum atomic E-state index is -0.330. The summed E-state index contributed by atoms with van der Waals surface area (Å²) in [5, 5.41) is 12.1. The number of anilines is 1. The number of methoxy groups -OCH3 is 1. The molecule has 6 nitrogen and oxygen atoms in total. The highest BCUT2D eigenvalue weighted by atomic mass is 32.2. The average Bonchev–Trinajstić information content (AvgIpc) is 3.26. The van der Waals surface area contributed by atoms with E-state index in [0.717, 1.165) is 4.88 Å². The van der Waals surface area contributed by atoms with Crippen LogP contribution in [0.15, 0.2) is 46.9 Å². The first kappa shape index (κ1) is 16.5. The highest BCUT2D eigenvalue weighted by Crippen LogP contribution is 2.26. The second-order valence-corrected chi connectivity index (χ2v) is 7.18. The van der Waals surface area contributed by atoms with Crippen LogP contribution < -0.4 is 10.1 Å². The predicted octanol–water partition coefficient (Wildman–Crippen LogP) is 3.66. The largest absolute Gasteiger partial charge is 0.497 e. The van der Waals surface area contributed by atoms with Crippen molar-refractivity contribution < 1.29 is 9.53 Å². The molecule has 0 radical (unpaired) electrons. The van der Waals surface area contributed by atoms with Crippen molar-refractivity contribution in [3.8, 4) is 16.5 Å². The van der Waals surface area contributed by atoms with Gasteiger partial charge in [-0.3, -0.25) is 9.89 Å². The molecule has 3 aromatic rings. The SMILES string of the molecule is COc1cccc(NC(=O)[C@@H](C)Sc2n[nH]c(-c3cccs3)n2)c1. The number of amides is 1. The summed E-state index contributed by atoms with van der Waals surface area (Å²) >= 11 is 2.89. The molecule has 0 saturated heterocycles. The molecular weight excluding hydrogens is 344 g/mol. The van der Waals surface area contributed by atoms with Crippen molar-refractivity contribution in [2.45, 2.75) is 17.3 Å². The molecule has 0 aliphatic heterocycles. The van der Waals surface area contributed by atoms with Crippen LogP contribution in [0.2, 0.25) is 0 Å². The Labute approximate surface area is 147 Å². The van der Waals surface area contributed by atoms with Crippen molar-refractivity contribution in [3.63, 3.8) is 0 Å². The van der Waals surface area contributed by atoms with Gasteiger partial charge >= 0.3 is 0 Å². The van der Waals surface area contributed by atoms with E-state index in [4.69, 9.17) is 4.74 Å². The van der Waals surface area contributed by atoms with Crippen molar-refractivity contribution in [1.29, 1.82) is 0 Å². The molecule has 0 saturated carbocycles. The number of aromatic nitrogens is 3. The summed E-state index contributed by atoms with van der Waals surface area (Å²) in [4.78, 5) is 17.7. The number of carbonyl (C=O) groups is 1. The van der Waals surface area contributed by atoms with Crippen LogP contribution in [-0.4, -0.2) is 33.4 Å². The third-order valence-electron chi connectivity index (χ3n) is 3.21. The molecule has 8 heteroatoms. The van der Waals surface area contributed by atoms with E-state index in [9.17, 15) is 4.79 Å². The van der Waals surface area contributed by atoms with Gasteiger partial charge in [-0.15, -0.1) is 16.4 Å². The maximum atomic E-state index is 12.3. The third-order valence-corrected chi connectivity index (χ3v) is 5.05. The van der Waals surface area contributed by atoms with Gasteiger partial charge in [-0.2, -0.15) is 0 Å². The van der Waals surface area contributed by atoms with E-state index in [1.165, 1.54) is 11.8 Å². The summed E-state index contributed by atoms with van der Waals surface area (Å²) in [6.07, 6.45) is 0. The van der Waals surface area contributed by atoms with E-state index in [1.807, 2.05) is 42.6 Å². The van der Waals surface area contributed by atoms with Crippen LogP contribution in [0, 0.1) is 0 Å². The van der Waals surface area contributed by atoms with Crippen LogP contribution in [0.25, 0.3) is 10.7 Å². The Balaban J connectivity index is 1.61. The van der Waals surface area contributed by atoms with E-state index < -0.39 is 0 Å². The number of hydrogen-bond donors (Lipinski definition) is 2. The summed E-state index contributed by atoms with van der Waals surface area (Å²) in [5.74, 6) is 1.30. The molecule has 2 aromatic heterocycles. The van der Waals surface area contributed by atoms with Crippen molar-refractivity contribution in [1.82, 2.24) is 15.2 Å². The van der Waals surface area contributed by atoms with E-state index in [-0.39, 0.29) is 11.2 Å². The van der Waals surface area contributed by atoms with E-state index >= 15 is 0 Å². The lowest BCUT2D eigenvalue weighted by atomic mass is 10.3. The summed E-state index contributed by atoms with van der Waals surface area (Å²) < 4.78 is 5.15. The lowest BCUT2D eigenvalue weighted by Crippen LogP contribution is -2.22. The number of ether oxygens (including phenoxy) is 1. The standard InChI is InChI=1S/C16H16N4O2S2/c1-10(15(21)17-11-5-3-6-12(9-11)22-2)24-16-18-14(19-20-16)13-7-4-8-23-13/h3-10H,1-2H3,(H,17,21)(H,18,19,20)/t10-/m1/s1. The van der Waals surface area contributed by atoms with Crippen LogP contribution in [0.3, 0.4) is 0 Å². The smallest absolute Gasteiger partial charge is 0.237 e. The van der Waals surface area contributed by atoms with E-state index in [2.05, 4.69) is 20.5 Å². The molecule has 1 aromatic carbocycles. The van der Waals surface area contributed by atoms with Gasteiger partial charge in [-0.05, 0) is 30.5 Å². The van der Waals surface area contributed by atoms with Gasteiger partial charge in [0.05, 0.1) is 17.2 Å². The molecule has 0 aliphatic carbocycles. The van der Waals surface area contributed by atoms with Crippen molar-refractivity contribution in [2.24, 2.45) is 0 Å². The quantitative estimate of drug-likeness (QED) is 0.656. The predicted molar refractivity (Wildman–Crippen MR) is 96.6 cm³/mol. The number of thiophene rings is 1. The first-order valence-corrected chi connectivity index (χ1v) is 8.99. The number of carbonyl (C=O) groups excluding carboxylic acids is 1. The molecule has 2 heterocycles. The molecule has 24 heavy (non-hydrogen) atoms. The monoisotopic (exact) mass is 360 g/mol. The molecule has 0 spiro atoms. The van der Waals surface area contributed by atoms with Crippen LogP contribution >= 0.6 is 23.1 Å². The van der Waals surface area contributed by atoms with Crippen LogP contribution in [-0.2, 0) is 4.79 Å². The number of benzene rings is 1. The summed E-state index contributed by atoms with van der Waals surface area (Å²) in [6.45, 7) is 1.82. The Morgan fingerprint density at radius 3 is 3.00 bits per heavy atom. The van der Waals surface area contributed by atoms with Gasteiger partial charge in [0.1, 0.15) is 5.75 Å². The van der Waals surface area contributed by atoms with Gasteiger partial charge < -0.3 is 10.1 Å². The molecule has 0 unspecified atom stereocenters. The first-order chi connectivity index (χ1) is 11.7. The molecule has 0 bridgehead atoms. The molecule has 0 fully saturated rings. The number of aromatic amines is 1. The summed E-state index contributed by atoms with van der Waals surface area (Å²) in [5.41, 5.74) is 0.695. The highest BCUT2D eigenvalue weighted by molar-refractivity contribution is 8.00. The third kappa shape index (κ3) is 3.95. The van der Waals surface area contributed by atoms with Crippen LogP contribution in [0.5, 0.6) is 5.75 Å². The van der Waals surface area contributed by atoms with Crippen molar-refractivity contribution in [2.75, 3.05) is 12.4 Å². The normalized spacial score (nSPS) is 11.9. The molecule has 1 amide bonds. The van der Waals surface area contributed by atoms with Gasteiger partial charge in [0.15, 0.2) is 5.82 Å². The summed E-state index contributed by atoms with van der Waals surface area (Å²) in [7, 11) is 1.59. The van der Waals surface area contributed by atoms with Gasteiger partial charge in [0.25, 0.3) is 0 Å². The maximum Gasteiger partial charge on any atom is 0.237 e. The molecule has 1 atom stereocenters. The number of hydrogen-bond acceptors (Lipinski definition) is 6. The zero-order valence-corrected chi connectivity index (χ0v) is 14.8. The fraction of sp³-hybridized carbons (Fsp3) is 0.188. The fourth-order valence-electron chi connectivity index (χ4n) is 1.98. The van der Waals surface area contributed by atoms with Gasteiger partial charge in [-0.25, -0.2) is 4.98 Å². The second-order valence-electron chi connectivity index (χ2n) is 4.93. The Bertz CT molecular complexity index is 817. The van der Waals surface area contributed by atoms with Crippen LogP contribution in [0.4, 0.5) is 5.69 Å². The Morgan fingerprint density at radius 2 is 2.25 bits per heavy atom. The fourth-order valence-corrected chi connectivity index (χ4v) is 3.37. The van der Waals surface area contributed by atoms with Crippen molar-refractivity contribution in [3.05, 3.63) is 41.8 Å². The number of thioether (sulfide) groups is 1. The van der Waals surface area contributed by atoms with Crippen molar-refractivity contribution >= 4 is 34.7 Å². The van der Waals surface area contributed by atoms with Gasteiger partial charge in [0.2, 0.25) is 11.1 Å². The topological polar surface area (TPSA) is 79.9 Å². The molecule has 124 valence electrons. The molecular formula is C16H16N4O2S2. The Morgan fingerprint density at radius 1 is 1.38 bits per heavy atom. The number of rotatable bonds is 6. The minimum absolute atomic E-state index is 0.115. The first-order valence-electron chi connectivity index (χ1n) is 7.23. The zero-order chi connectivity index (χ0) is 16.9. The number of nitrogens with one attached hydrogen (secondary N) is 2. The minimum Gasteiger partial charge on any atom is -0.497 e. The van der Waals surface area contributed by atoms with E-state index in [0.29, 0.717) is 22.4 Å². The zero-order valence-electron chi connectivity index (χ0n) is 13.1. The lowest BCUT2D eigenvalue weighted by molar-refractivity contribution is -0.115. The van der Waals surface area contributed by atoms with E-state index in [1.54, 1.807) is 24.5 Å². The highest BCUT2D eigenvalue weighted by Gasteiger charge is 2.18. The van der Waals surface area contributed by atoms with Crippen LogP contribution in [0.1, 0.15) is 6.92 Å². The summed E-state index contributed by atoms with van der Waals surface area (Å²) in [6, 6.07) is 11.2. The number of nitrogens with zero attached hydrogens (tertiary/aromatic N) is 2. The second kappa shape index (κ2) is 7.50. The number of H-pyrrole nitrogens is 1. The Kier molecular flexibility index (Phi) is 5.17. The van der Waals surface area contributed by atoms with Gasteiger partial charge in [0, 0.05) is 11.8 Å². The molecule has 2 N–H and O–H groups in total. The Hall–Kier alpha value is -2.32. The average molecular weight is 360 g/mol.